The first-order valence-corrected chi connectivity index (χ1v) is 8.65. The smallest absolute Gasteiger partial charge is 0.431 e. The van der Waals surface area contributed by atoms with Gasteiger partial charge in [0.15, 0.2) is 0 Å². The summed E-state index contributed by atoms with van der Waals surface area (Å²) in [4.78, 5) is 24.5. The molecule has 0 radical (unpaired) electrons. The number of carbonyl (C=O) groups excluding carboxylic acids is 2. The Morgan fingerprint density at radius 1 is 0.893 bits per heavy atom. The second-order valence-corrected chi connectivity index (χ2v) is 6.37. The van der Waals surface area contributed by atoms with Gasteiger partial charge in [0.1, 0.15) is 11.4 Å². The fraction of sp³-hybridized carbons (Fsp3) is 0.647. The summed E-state index contributed by atoms with van der Waals surface area (Å²) >= 11 is 0. The number of allylic oxidation sites excluding steroid dienone is 2. The van der Waals surface area contributed by atoms with E-state index in [1.807, 2.05) is 0 Å². The molecule has 0 saturated heterocycles. The van der Waals surface area contributed by atoms with Crippen molar-refractivity contribution in [3.63, 3.8) is 0 Å². The van der Waals surface area contributed by atoms with Crippen molar-refractivity contribution in [1.29, 1.82) is 0 Å². The highest BCUT2D eigenvalue weighted by atomic mass is 19.4. The van der Waals surface area contributed by atoms with E-state index >= 15 is 0 Å². The topological polar surface area (TPSA) is 64.6 Å². The molecule has 5 nitrogen and oxygen atoms in total. The van der Waals surface area contributed by atoms with Crippen molar-refractivity contribution in [2.24, 2.45) is 11.8 Å². The molecular weight excluding hydrogens is 396 g/mol. The molecule has 0 atom stereocenters. The third-order valence-electron chi connectivity index (χ3n) is 4.31. The number of carbonyl (C=O) groups is 2. The monoisotopic (exact) mass is 415 g/mol. The number of dihydropyridines is 1. The number of nitrogens with one attached hydrogen (secondary N) is 1. The molecule has 1 saturated carbocycles. The average Bonchev–Trinajstić information content (AvgIpc) is 3.36. The van der Waals surface area contributed by atoms with Crippen LogP contribution in [0, 0.1) is 11.8 Å². The van der Waals surface area contributed by atoms with Crippen LogP contribution < -0.4 is 5.32 Å². The lowest BCUT2D eigenvalue weighted by Gasteiger charge is -2.33. The van der Waals surface area contributed by atoms with Gasteiger partial charge in [0.05, 0.1) is 24.4 Å². The Labute approximate surface area is 156 Å². The van der Waals surface area contributed by atoms with Crippen LogP contribution in [0.4, 0.5) is 26.3 Å². The minimum Gasteiger partial charge on any atom is -0.463 e. The van der Waals surface area contributed by atoms with Crippen LogP contribution in [0.2, 0.25) is 0 Å². The molecule has 1 aliphatic carbocycles. The Balaban J connectivity index is 2.71. The minimum atomic E-state index is -5.29. The van der Waals surface area contributed by atoms with Crippen molar-refractivity contribution in [3.05, 3.63) is 22.5 Å². The quantitative estimate of drug-likeness (QED) is 0.529. The molecule has 1 N–H and O–H groups in total. The summed E-state index contributed by atoms with van der Waals surface area (Å²) in [5.41, 5.74) is -5.79. The molecule has 11 heteroatoms. The zero-order chi connectivity index (χ0) is 21.3. The number of halogens is 6. The fourth-order valence-corrected chi connectivity index (χ4v) is 3.03. The Bertz CT molecular complexity index is 651. The third-order valence-corrected chi connectivity index (χ3v) is 4.31. The number of esters is 2. The van der Waals surface area contributed by atoms with Gasteiger partial charge in [0, 0.05) is 5.92 Å². The van der Waals surface area contributed by atoms with Gasteiger partial charge in [-0.05, 0) is 26.2 Å². The van der Waals surface area contributed by atoms with E-state index < -0.39 is 52.7 Å². The van der Waals surface area contributed by atoms with Gasteiger partial charge in [0.2, 0.25) is 0 Å². The number of alkyl halides is 6. The van der Waals surface area contributed by atoms with Crippen LogP contribution in [0.1, 0.15) is 33.1 Å². The first kappa shape index (κ1) is 22.1. The molecule has 0 aromatic rings. The molecule has 0 aromatic carbocycles. The van der Waals surface area contributed by atoms with E-state index in [1.165, 1.54) is 19.2 Å². The van der Waals surface area contributed by atoms with Gasteiger partial charge in [-0.25, -0.2) is 9.59 Å². The standard InChI is InChI=1S/C17H19F6NO4/c1-3-27-14(25)10-9(7-8-5-6-8)11(15(26)28-4-2)13(17(21,22)23)24-12(10)16(18,19)20/h8-9,24H,3-7H2,1-2H3. The van der Waals surface area contributed by atoms with Crippen LogP contribution >= 0.6 is 0 Å². The predicted octanol–water partition coefficient (Wildman–Crippen LogP) is 3.76. The number of hydrogen-bond acceptors (Lipinski definition) is 5. The van der Waals surface area contributed by atoms with Crippen LogP contribution in [0.3, 0.4) is 0 Å². The lowest BCUT2D eigenvalue weighted by atomic mass is 9.81. The fourth-order valence-electron chi connectivity index (χ4n) is 3.03. The maximum Gasteiger partial charge on any atom is 0.431 e. The largest absolute Gasteiger partial charge is 0.463 e. The zero-order valence-corrected chi connectivity index (χ0v) is 15.1. The number of rotatable bonds is 6. The summed E-state index contributed by atoms with van der Waals surface area (Å²) in [7, 11) is 0. The summed E-state index contributed by atoms with van der Waals surface area (Å²) in [5.74, 6) is -4.77. The molecule has 2 aliphatic rings. The molecule has 0 amide bonds. The van der Waals surface area contributed by atoms with Gasteiger partial charge in [-0.15, -0.1) is 0 Å². The maximum atomic E-state index is 13.5. The molecule has 0 unspecified atom stereocenters. The summed E-state index contributed by atoms with van der Waals surface area (Å²) < 4.78 is 90.4. The Kier molecular flexibility index (Phi) is 6.34. The molecule has 1 heterocycles. The highest BCUT2D eigenvalue weighted by Crippen LogP contribution is 2.47. The van der Waals surface area contributed by atoms with Crippen molar-refractivity contribution in [2.45, 2.75) is 45.5 Å². The molecule has 28 heavy (non-hydrogen) atoms. The van der Waals surface area contributed by atoms with Gasteiger partial charge < -0.3 is 14.8 Å². The second kappa shape index (κ2) is 8.04. The molecule has 1 aliphatic heterocycles. The van der Waals surface area contributed by atoms with Crippen LogP contribution in [0.5, 0.6) is 0 Å². The highest BCUT2D eigenvalue weighted by molar-refractivity contribution is 5.98. The molecular formula is C17H19F6NO4. The summed E-state index contributed by atoms with van der Waals surface area (Å²) in [5, 5.41) is 1.24. The van der Waals surface area contributed by atoms with Crippen molar-refractivity contribution >= 4 is 11.9 Å². The summed E-state index contributed by atoms with van der Waals surface area (Å²) in [6.07, 6.45) is -9.64. The Hall–Kier alpha value is -2.20. The summed E-state index contributed by atoms with van der Waals surface area (Å²) in [6.45, 7) is 2.13. The molecule has 0 aromatic heterocycles. The van der Waals surface area contributed by atoms with Crippen LogP contribution in [-0.2, 0) is 19.1 Å². The van der Waals surface area contributed by atoms with E-state index in [-0.39, 0.29) is 25.6 Å². The van der Waals surface area contributed by atoms with Gasteiger partial charge in [0.25, 0.3) is 0 Å². The summed E-state index contributed by atoms with van der Waals surface area (Å²) in [6, 6.07) is 0. The third kappa shape index (κ3) is 4.79. The van der Waals surface area contributed by atoms with Crippen LogP contribution in [0.25, 0.3) is 0 Å². The van der Waals surface area contributed by atoms with Gasteiger partial charge >= 0.3 is 24.3 Å². The van der Waals surface area contributed by atoms with Crippen molar-refractivity contribution < 1.29 is 45.4 Å². The SMILES string of the molecule is CCOC(=O)C1=C(C(F)(F)F)NC(C(F)(F)F)=C(C(=O)OCC)C1CC1CC1. The molecule has 158 valence electrons. The van der Waals surface area contributed by atoms with E-state index in [4.69, 9.17) is 0 Å². The number of hydrogen-bond donors (Lipinski definition) is 1. The predicted molar refractivity (Wildman–Crippen MR) is 83.4 cm³/mol. The normalized spacial score (nSPS) is 18.9. The second-order valence-electron chi connectivity index (χ2n) is 6.37. The zero-order valence-electron chi connectivity index (χ0n) is 15.1. The molecule has 0 bridgehead atoms. The Morgan fingerprint density at radius 2 is 1.29 bits per heavy atom. The molecule has 1 fully saturated rings. The first-order chi connectivity index (χ1) is 12.9. The minimum absolute atomic E-state index is 0.194. The maximum absolute atomic E-state index is 13.5. The molecule has 0 spiro atoms. The Morgan fingerprint density at radius 3 is 1.57 bits per heavy atom. The van der Waals surface area contributed by atoms with Crippen LogP contribution in [-0.4, -0.2) is 37.5 Å². The van der Waals surface area contributed by atoms with Gasteiger partial charge in [-0.3, -0.25) is 0 Å². The molecule has 2 rings (SSSR count). The van der Waals surface area contributed by atoms with Gasteiger partial charge in [-0.2, -0.15) is 26.3 Å². The highest BCUT2D eigenvalue weighted by Gasteiger charge is 2.53. The number of ether oxygens (including phenoxy) is 2. The van der Waals surface area contributed by atoms with Gasteiger partial charge in [-0.1, -0.05) is 12.8 Å². The van der Waals surface area contributed by atoms with E-state index in [0.717, 1.165) is 0 Å². The van der Waals surface area contributed by atoms with Crippen molar-refractivity contribution in [1.82, 2.24) is 5.32 Å². The average molecular weight is 415 g/mol. The lowest BCUT2D eigenvalue weighted by Crippen LogP contribution is -2.44. The van der Waals surface area contributed by atoms with Crippen LogP contribution in [0.15, 0.2) is 22.5 Å². The lowest BCUT2D eigenvalue weighted by molar-refractivity contribution is -0.144. The van der Waals surface area contributed by atoms with E-state index in [1.54, 1.807) is 0 Å². The van der Waals surface area contributed by atoms with E-state index in [0.29, 0.717) is 12.8 Å². The van der Waals surface area contributed by atoms with Crippen molar-refractivity contribution in [2.75, 3.05) is 13.2 Å². The van der Waals surface area contributed by atoms with E-state index in [2.05, 4.69) is 9.47 Å². The first-order valence-electron chi connectivity index (χ1n) is 8.65. The van der Waals surface area contributed by atoms with E-state index in [9.17, 15) is 35.9 Å². The van der Waals surface area contributed by atoms with Crippen molar-refractivity contribution in [3.8, 4) is 0 Å².